The molecule has 0 spiro atoms. The molecule has 2 aliphatic heterocycles. The maximum Gasteiger partial charge on any atom is 0.250 e. The SMILES string of the molecule is [2H]C1(C(C)(C)C)CC(F)(F)CCN1C1CCNCC1. The van der Waals surface area contributed by atoms with Gasteiger partial charge in [0.15, 0.2) is 0 Å². The van der Waals surface area contributed by atoms with E-state index in [2.05, 4.69) is 10.2 Å². The number of rotatable bonds is 1. The van der Waals surface area contributed by atoms with E-state index < -0.39 is 17.4 Å². The van der Waals surface area contributed by atoms with E-state index in [1.165, 1.54) is 0 Å². The summed E-state index contributed by atoms with van der Waals surface area (Å²) in [5, 5.41) is 3.30. The Morgan fingerprint density at radius 2 is 1.89 bits per heavy atom. The molecule has 2 fully saturated rings. The van der Waals surface area contributed by atoms with Gasteiger partial charge in [0, 0.05) is 32.8 Å². The first kappa shape index (κ1) is 12.8. The van der Waals surface area contributed by atoms with Gasteiger partial charge in [-0.05, 0) is 31.3 Å². The van der Waals surface area contributed by atoms with Crippen molar-refractivity contribution in [2.75, 3.05) is 19.6 Å². The first-order chi connectivity index (χ1) is 8.66. The molecule has 0 bridgehead atoms. The van der Waals surface area contributed by atoms with Gasteiger partial charge in [-0.15, -0.1) is 0 Å². The van der Waals surface area contributed by atoms with Crippen LogP contribution in [0, 0.1) is 5.41 Å². The van der Waals surface area contributed by atoms with Crippen molar-refractivity contribution in [2.24, 2.45) is 5.41 Å². The lowest BCUT2D eigenvalue weighted by Crippen LogP contribution is -2.58. The Bertz CT molecular complexity index is 324. The second-order valence-electron chi connectivity index (χ2n) is 6.65. The second-order valence-corrected chi connectivity index (χ2v) is 6.65. The fraction of sp³-hybridized carbons (Fsp3) is 1.00. The predicted molar refractivity (Wildman–Crippen MR) is 70.0 cm³/mol. The fourth-order valence-corrected chi connectivity index (χ4v) is 3.07. The normalized spacial score (nSPS) is 36.4. The highest BCUT2D eigenvalue weighted by Crippen LogP contribution is 2.41. The van der Waals surface area contributed by atoms with Crippen molar-refractivity contribution in [3.63, 3.8) is 0 Å². The van der Waals surface area contributed by atoms with E-state index in [9.17, 15) is 8.78 Å². The molecule has 0 radical (unpaired) electrons. The van der Waals surface area contributed by atoms with Gasteiger partial charge in [0.2, 0.25) is 0 Å². The maximum absolute atomic E-state index is 13.8. The molecular formula is C14H26F2N2. The second kappa shape index (κ2) is 5.04. The number of hydrogen-bond acceptors (Lipinski definition) is 2. The van der Waals surface area contributed by atoms with Gasteiger partial charge in [0.05, 0.1) is 0 Å². The fourth-order valence-electron chi connectivity index (χ4n) is 3.07. The average Bonchev–Trinajstić information content (AvgIpc) is 2.27. The quantitative estimate of drug-likeness (QED) is 0.781. The van der Waals surface area contributed by atoms with Crippen molar-refractivity contribution in [1.82, 2.24) is 10.2 Å². The Hall–Kier alpha value is -0.220. The van der Waals surface area contributed by atoms with Gasteiger partial charge >= 0.3 is 0 Å². The molecule has 2 nitrogen and oxygen atoms in total. The molecule has 106 valence electrons. The van der Waals surface area contributed by atoms with Crippen LogP contribution < -0.4 is 5.32 Å². The molecule has 1 atom stereocenters. The summed E-state index contributed by atoms with van der Waals surface area (Å²) in [6.07, 6.45) is 1.48. The number of likely N-dealkylation sites (tertiary alicyclic amines) is 1. The Morgan fingerprint density at radius 3 is 2.44 bits per heavy atom. The number of alkyl halides is 2. The Morgan fingerprint density at radius 1 is 1.28 bits per heavy atom. The van der Waals surface area contributed by atoms with E-state index in [4.69, 9.17) is 1.37 Å². The Kier molecular flexibility index (Phi) is 3.59. The van der Waals surface area contributed by atoms with Crippen molar-refractivity contribution < 1.29 is 10.2 Å². The van der Waals surface area contributed by atoms with Gasteiger partial charge in [-0.3, -0.25) is 4.90 Å². The molecule has 18 heavy (non-hydrogen) atoms. The smallest absolute Gasteiger partial charge is 0.250 e. The minimum atomic E-state index is -2.70. The van der Waals surface area contributed by atoms with Gasteiger partial charge < -0.3 is 5.32 Å². The number of nitrogens with zero attached hydrogens (tertiary/aromatic N) is 1. The number of nitrogens with one attached hydrogen (secondary N) is 1. The van der Waals surface area contributed by atoms with Crippen molar-refractivity contribution >= 4 is 0 Å². The van der Waals surface area contributed by atoms with E-state index in [1.54, 1.807) is 0 Å². The molecule has 0 aromatic carbocycles. The standard InChI is InChI=1S/C14H26F2N2/c1-13(2,3)12-10-14(15,16)6-9-18(12)11-4-7-17-8-5-11/h11-12,17H,4-10H2,1-3H3/i12D. The molecule has 2 heterocycles. The van der Waals surface area contributed by atoms with E-state index in [0.717, 1.165) is 25.9 Å². The summed E-state index contributed by atoms with van der Waals surface area (Å²) >= 11 is 0. The Labute approximate surface area is 111 Å². The molecule has 1 N–H and O–H groups in total. The molecule has 2 rings (SSSR count). The zero-order valence-corrected chi connectivity index (χ0v) is 11.7. The van der Waals surface area contributed by atoms with Crippen LogP contribution in [0.25, 0.3) is 0 Å². The molecule has 0 aliphatic carbocycles. The average molecular weight is 261 g/mol. The van der Waals surface area contributed by atoms with E-state index in [-0.39, 0.29) is 18.9 Å². The van der Waals surface area contributed by atoms with Crippen LogP contribution in [0.15, 0.2) is 0 Å². The van der Waals surface area contributed by atoms with Crippen LogP contribution in [0.2, 0.25) is 0 Å². The first-order valence-corrected chi connectivity index (χ1v) is 7.01. The summed E-state index contributed by atoms with van der Waals surface area (Å²) in [5.41, 5.74) is -0.471. The summed E-state index contributed by atoms with van der Waals surface area (Å²) in [6.45, 7) is 7.94. The molecule has 4 heteroatoms. The minimum Gasteiger partial charge on any atom is -0.317 e. The van der Waals surface area contributed by atoms with Crippen molar-refractivity contribution in [3.05, 3.63) is 0 Å². The van der Waals surface area contributed by atoms with Crippen LogP contribution in [0.4, 0.5) is 8.78 Å². The van der Waals surface area contributed by atoms with Crippen LogP contribution in [-0.4, -0.2) is 42.5 Å². The third-order valence-corrected chi connectivity index (χ3v) is 4.11. The molecule has 2 saturated heterocycles. The minimum absolute atomic E-state index is 0.104. The van der Waals surface area contributed by atoms with Gasteiger partial charge in [-0.2, -0.15) is 0 Å². The molecule has 1 unspecified atom stereocenters. The number of halogens is 2. The molecule has 2 aliphatic rings. The third-order valence-electron chi connectivity index (χ3n) is 4.11. The lowest BCUT2D eigenvalue weighted by Gasteiger charge is -2.50. The van der Waals surface area contributed by atoms with Gasteiger partial charge in [-0.25, -0.2) is 8.78 Å². The Balaban J connectivity index is 2.25. The van der Waals surface area contributed by atoms with Crippen molar-refractivity contribution in [3.8, 4) is 0 Å². The highest BCUT2D eigenvalue weighted by Gasteiger charge is 2.46. The molecule has 0 aromatic rings. The summed E-state index contributed by atoms with van der Waals surface area (Å²) < 4.78 is 36.4. The maximum atomic E-state index is 13.8. The molecule has 0 aromatic heterocycles. The van der Waals surface area contributed by atoms with Crippen LogP contribution in [0.5, 0.6) is 0 Å². The van der Waals surface area contributed by atoms with Crippen LogP contribution >= 0.6 is 0 Å². The predicted octanol–water partition coefficient (Wildman–Crippen LogP) is 2.88. The largest absolute Gasteiger partial charge is 0.317 e. The van der Waals surface area contributed by atoms with Crippen LogP contribution in [0.3, 0.4) is 0 Å². The van der Waals surface area contributed by atoms with Gasteiger partial charge in [0.25, 0.3) is 5.92 Å². The van der Waals surface area contributed by atoms with Gasteiger partial charge in [-0.1, -0.05) is 20.8 Å². The highest BCUT2D eigenvalue weighted by molar-refractivity contribution is 4.96. The topological polar surface area (TPSA) is 15.3 Å². The first-order valence-electron chi connectivity index (χ1n) is 7.51. The van der Waals surface area contributed by atoms with E-state index in [1.807, 2.05) is 20.8 Å². The number of hydrogen-bond donors (Lipinski definition) is 1. The third kappa shape index (κ3) is 3.21. The zero-order valence-electron chi connectivity index (χ0n) is 12.7. The van der Waals surface area contributed by atoms with Crippen LogP contribution in [0.1, 0.15) is 47.8 Å². The van der Waals surface area contributed by atoms with E-state index >= 15 is 0 Å². The zero-order chi connectivity index (χ0) is 14.3. The van der Waals surface area contributed by atoms with Crippen molar-refractivity contribution in [1.29, 1.82) is 0 Å². The number of piperidine rings is 2. The monoisotopic (exact) mass is 261 g/mol. The van der Waals surface area contributed by atoms with E-state index in [0.29, 0.717) is 6.54 Å². The van der Waals surface area contributed by atoms with Crippen molar-refractivity contribution in [2.45, 2.75) is 64.4 Å². The molecule has 0 saturated carbocycles. The van der Waals surface area contributed by atoms with Crippen LogP contribution in [-0.2, 0) is 0 Å². The summed E-state index contributed by atoms with van der Waals surface area (Å²) in [5.74, 6) is -2.70. The summed E-state index contributed by atoms with van der Waals surface area (Å²) in [7, 11) is 0. The molecular weight excluding hydrogens is 234 g/mol. The summed E-state index contributed by atoms with van der Waals surface area (Å²) in [6, 6.07) is -0.898. The highest BCUT2D eigenvalue weighted by atomic mass is 19.3. The van der Waals surface area contributed by atoms with Gasteiger partial charge in [0.1, 0.15) is 0 Å². The lowest BCUT2D eigenvalue weighted by molar-refractivity contribution is -0.113. The molecule has 0 amide bonds. The summed E-state index contributed by atoms with van der Waals surface area (Å²) in [4.78, 5) is 2.06. The lowest BCUT2D eigenvalue weighted by atomic mass is 9.78.